The molecule has 0 N–H and O–H groups in total. The lowest BCUT2D eigenvalue weighted by atomic mass is 9.86. The van der Waals surface area contributed by atoms with Crippen LogP contribution in [0.5, 0.6) is 17.2 Å². The average Bonchev–Trinajstić information content (AvgIpc) is 2.76. The summed E-state index contributed by atoms with van der Waals surface area (Å²) in [7, 11) is 4.60. The predicted octanol–water partition coefficient (Wildman–Crippen LogP) is 4.84. The Balaban J connectivity index is 1.98. The average molecular weight is 409 g/mol. The van der Waals surface area contributed by atoms with Crippen molar-refractivity contribution in [2.24, 2.45) is 0 Å². The van der Waals surface area contributed by atoms with Gasteiger partial charge in [0.25, 0.3) is 5.69 Å². The first-order valence-corrected chi connectivity index (χ1v) is 9.47. The van der Waals surface area contributed by atoms with Crippen LogP contribution < -0.4 is 14.2 Å². The molecule has 0 saturated heterocycles. The van der Waals surface area contributed by atoms with Crippen LogP contribution in [0.15, 0.2) is 47.5 Å². The summed E-state index contributed by atoms with van der Waals surface area (Å²) in [4.78, 5) is 23.9. The van der Waals surface area contributed by atoms with Crippen LogP contribution in [-0.2, 0) is 4.79 Å². The van der Waals surface area contributed by atoms with Gasteiger partial charge in [-0.05, 0) is 55.2 Å². The minimum Gasteiger partial charge on any atom is -0.493 e. The van der Waals surface area contributed by atoms with E-state index in [4.69, 9.17) is 14.2 Å². The molecule has 0 amide bonds. The molecule has 2 aromatic rings. The molecule has 1 aliphatic carbocycles. The van der Waals surface area contributed by atoms with Crippen molar-refractivity contribution < 1.29 is 23.9 Å². The van der Waals surface area contributed by atoms with Crippen LogP contribution in [0.25, 0.3) is 12.2 Å². The Bertz CT molecular complexity index is 1010. The van der Waals surface area contributed by atoms with Crippen molar-refractivity contribution >= 4 is 23.6 Å². The summed E-state index contributed by atoms with van der Waals surface area (Å²) in [5, 5.41) is 11.3. The van der Waals surface area contributed by atoms with Gasteiger partial charge in [-0.15, -0.1) is 0 Å². The number of methoxy groups -OCH3 is 3. The van der Waals surface area contributed by atoms with E-state index in [1.807, 2.05) is 0 Å². The maximum atomic E-state index is 13.1. The summed E-state index contributed by atoms with van der Waals surface area (Å²) in [6.45, 7) is 0. The summed E-state index contributed by atoms with van der Waals surface area (Å²) < 4.78 is 16.1. The second-order valence-corrected chi connectivity index (χ2v) is 6.80. The van der Waals surface area contributed by atoms with Gasteiger partial charge >= 0.3 is 0 Å². The van der Waals surface area contributed by atoms with Crippen LogP contribution in [-0.4, -0.2) is 32.0 Å². The minimum absolute atomic E-state index is 0.0152. The molecule has 7 heteroatoms. The summed E-state index contributed by atoms with van der Waals surface area (Å²) >= 11 is 0. The van der Waals surface area contributed by atoms with E-state index in [1.165, 1.54) is 27.4 Å². The van der Waals surface area contributed by atoms with E-state index >= 15 is 0 Å². The molecule has 0 atom stereocenters. The van der Waals surface area contributed by atoms with Gasteiger partial charge in [0.1, 0.15) is 0 Å². The van der Waals surface area contributed by atoms with Crippen LogP contribution in [0.1, 0.15) is 30.4 Å². The number of nitro groups is 1. The molecule has 0 radical (unpaired) electrons. The standard InChI is InChI=1S/C23H23NO6/c1-28-20-12-15(13-21(29-2)23(20)30-3)11-17-8-6-9-18(22(17)25)14-16-7-4-5-10-19(16)24(26)27/h4-5,7,10-14H,6,8-9H2,1-3H3/b17-11+,18-14-. The number of ether oxygens (including phenoxy) is 3. The molecule has 1 fully saturated rings. The van der Waals surface area contributed by atoms with Crippen molar-refractivity contribution in [3.8, 4) is 17.2 Å². The number of carbonyl (C=O) groups excluding carboxylic acids is 1. The van der Waals surface area contributed by atoms with Crippen LogP contribution in [0.2, 0.25) is 0 Å². The lowest BCUT2D eigenvalue weighted by Gasteiger charge is -2.17. The molecular weight excluding hydrogens is 386 g/mol. The molecule has 1 aliphatic rings. The van der Waals surface area contributed by atoms with Crippen molar-refractivity contribution in [1.82, 2.24) is 0 Å². The van der Waals surface area contributed by atoms with Gasteiger partial charge in [-0.1, -0.05) is 12.1 Å². The zero-order valence-electron chi connectivity index (χ0n) is 17.1. The third kappa shape index (κ3) is 4.35. The predicted molar refractivity (Wildman–Crippen MR) is 114 cm³/mol. The fraction of sp³-hybridized carbons (Fsp3) is 0.261. The SMILES string of the molecule is COc1cc(/C=C2\CCC/C(=C/c3ccccc3[N+](=O)[O-])C2=O)cc(OC)c1OC. The van der Waals surface area contributed by atoms with Crippen molar-refractivity contribution in [1.29, 1.82) is 0 Å². The van der Waals surface area contributed by atoms with Crippen LogP contribution in [0.3, 0.4) is 0 Å². The fourth-order valence-electron chi connectivity index (χ4n) is 3.53. The Morgan fingerprint density at radius 2 is 1.53 bits per heavy atom. The minimum atomic E-state index is -0.438. The third-order valence-electron chi connectivity index (χ3n) is 4.97. The lowest BCUT2D eigenvalue weighted by Crippen LogP contribution is -2.12. The maximum Gasteiger partial charge on any atom is 0.276 e. The number of hydrogen-bond donors (Lipinski definition) is 0. The smallest absolute Gasteiger partial charge is 0.276 e. The first-order valence-electron chi connectivity index (χ1n) is 9.47. The zero-order valence-corrected chi connectivity index (χ0v) is 17.1. The van der Waals surface area contributed by atoms with E-state index in [2.05, 4.69) is 0 Å². The van der Waals surface area contributed by atoms with E-state index in [1.54, 1.807) is 42.5 Å². The number of nitro benzene ring substituents is 1. The lowest BCUT2D eigenvalue weighted by molar-refractivity contribution is -0.385. The van der Waals surface area contributed by atoms with Crippen molar-refractivity contribution in [2.75, 3.05) is 21.3 Å². The molecule has 0 heterocycles. The quantitative estimate of drug-likeness (QED) is 0.385. The monoisotopic (exact) mass is 409 g/mol. The molecule has 7 nitrogen and oxygen atoms in total. The van der Waals surface area contributed by atoms with Gasteiger partial charge < -0.3 is 14.2 Å². The van der Waals surface area contributed by atoms with E-state index < -0.39 is 4.92 Å². The molecule has 3 rings (SSSR count). The number of allylic oxidation sites excluding steroid dienone is 2. The number of carbonyl (C=O) groups is 1. The molecular formula is C23H23NO6. The fourth-order valence-corrected chi connectivity index (χ4v) is 3.53. The van der Waals surface area contributed by atoms with Crippen molar-refractivity contribution in [3.63, 3.8) is 0 Å². The molecule has 0 unspecified atom stereocenters. The largest absolute Gasteiger partial charge is 0.493 e. The Labute approximate surface area is 174 Å². The number of benzene rings is 2. The summed E-state index contributed by atoms with van der Waals surface area (Å²) in [5.74, 6) is 1.38. The highest BCUT2D eigenvalue weighted by Gasteiger charge is 2.22. The highest BCUT2D eigenvalue weighted by Crippen LogP contribution is 2.39. The number of Topliss-reactive ketones (excluding diaryl/α,β-unsaturated/α-hetero) is 1. The number of ketones is 1. The third-order valence-corrected chi connectivity index (χ3v) is 4.97. The zero-order chi connectivity index (χ0) is 21.7. The molecule has 1 saturated carbocycles. The molecule has 0 spiro atoms. The highest BCUT2D eigenvalue weighted by atomic mass is 16.6. The number of para-hydroxylation sites is 1. The molecule has 2 aromatic carbocycles. The highest BCUT2D eigenvalue weighted by molar-refractivity contribution is 6.14. The van der Waals surface area contributed by atoms with E-state index in [-0.39, 0.29) is 11.5 Å². The number of rotatable bonds is 6. The van der Waals surface area contributed by atoms with Crippen LogP contribution in [0.4, 0.5) is 5.69 Å². The molecule has 0 aliphatic heterocycles. The number of nitrogens with zero attached hydrogens (tertiary/aromatic N) is 1. The Morgan fingerprint density at radius 1 is 0.933 bits per heavy atom. The van der Waals surface area contributed by atoms with E-state index in [9.17, 15) is 14.9 Å². The van der Waals surface area contributed by atoms with Gasteiger partial charge in [-0.25, -0.2) is 0 Å². The second-order valence-electron chi connectivity index (χ2n) is 6.80. The Hall–Kier alpha value is -3.61. The van der Waals surface area contributed by atoms with Gasteiger partial charge in [-0.3, -0.25) is 14.9 Å². The normalized spacial score (nSPS) is 16.6. The molecule has 30 heavy (non-hydrogen) atoms. The maximum absolute atomic E-state index is 13.1. The summed E-state index contributed by atoms with van der Waals surface area (Å²) in [6.07, 6.45) is 5.43. The molecule has 0 bridgehead atoms. The van der Waals surface area contributed by atoms with Gasteiger partial charge in [0, 0.05) is 17.2 Å². The number of hydrogen-bond acceptors (Lipinski definition) is 6. The first kappa shape index (κ1) is 21.1. The Kier molecular flexibility index (Phi) is 6.51. The summed E-state index contributed by atoms with van der Waals surface area (Å²) in [5.41, 5.74) is 2.37. The Morgan fingerprint density at radius 3 is 2.10 bits per heavy atom. The first-order chi connectivity index (χ1) is 14.5. The van der Waals surface area contributed by atoms with Gasteiger partial charge in [0.15, 0.2) is 17.3 Å². The molecule has 156 valence electrons. The second kappa shape index (κ2) is 9.26. The van der Waals surface area contributed by atoms with Crippen molar-refractivity contribution in [2.45, 2.75) is 19.3 Å². The van der Waals surface area contributed by atoms with Gasteiger partial charge in [0.05, 0.1) is 31.8 Å². The van der Waals surface area contributed by atoms with E-state index in [0.29, 0.717) is 46.8 Å². The van der Waals surface area contributed by atoms with Crippen molar-refractivity contribution in [3.05, 3.63) is 68.8 Å². The van der Waals surface area contributed by atoms with E-state index in [0.717, 1.165) is 12.0 Å². The topological polar surface area (TPSA) is 87.9 Å². The van der Waals surface area contributed by atoms with Gasteiger partial charge in [0.2, 0.25) is 5.75 Å². The molecule has 0 aromatic heterocycles. The summed E-state index contributed by atoms with van der Waals surface area (Å²) in [6, 6.07) is 9.98. The van der Waals surface area contributed by atoms with Gasteiger partial charge in [-0.2, -0.15) is 0 Å². The van der Waals surface area contributed by atoms with Crippen LogP contribution >= 0.6 is 0 Å². The van der Waals surface area contributed by atoms with Crippen LogP contribution in [0, 0.1) is 10.1 Å².